The molecule has 0 saturated carbocycles. The highest BCUT2D eigenvalue weighted by Crippen LogP contribution is 2.31. The number of hydrazone groups is 1. The van der Waals surface area contributed by atoms with Crippen molar-refractivity contribution in [3.05, 3.63) is 70.4 Å². The fraction of sp³-hybridized carbons (Fsp3) is 0.158. The summed E-state index contributed by atoms with van der Waals surface area (Å²) in [5, 5.41) is 14.1. The monoisotopic (exact) mass is 372 g/mol. The van der Waals surface area contributed by atoms with Crippen molar-refractivity contribution in [2.24, 2.45) is 5.10 Å². The van der Waals surface area contributed by atoms with Crippen molar-refractivity contribution in [1.29, 1.82) is 0 Å². The van der Waals surface area contributed by atoms with Crippen molar-refractivity contribution in [3.63, 3.8) is 0 Å². The number of ether oxygens (including phenoxy) is 2. The third kappa shape index (κ3) is 4.15. The number of benzene rings is 2. The molecule has 1 amide bonds. The van der Waals surface area contributed by atoms with Gasteiger partial charge in [0.15, 0.2) is 11.5 Å². The molecule has 0 radical (unpaired) electrons. The molecule has 1 aliphatic heterocycles. The number of aromatic hydroxyl groups is 1. The van der Waals surface area contributed by atoms with Crippen LogP contribution in [0.25, 0.3) is 0 Å². The quantitative estimate of drug-likeness (QED) is 0.617. The predicted molar refractivity (Wildman–Crippen MR) is 98.6 cm³/mol. The van der Waals surface area contributed by atoms with E-state index in [4.69, 9.17) is 21.1 Å². The standard InChI is InChI=1S/C19H17ClN2O4/c1-25-18-10-13(5-7-16(18)23)19(24)22-21-11-15-6-8-17(26-15)12-3-2-4-14(20)9-12/h2-7,9-11,17,23H,8H2,1H3,(H,22,24)/b21-11+. The van der Waals surface area contributed by atoms with Crippen molar-refractivity contribution in [3.8, 4) is 11.5 Å². The molecule has 0 aliphatic carbocycles. The van der Waals surface area contributed by atoms with Crippen LogP contribution in [-0.2, 0) is 4.74 Å². The minimum atomic E-state index is -0.426. The van der Waals surface area contributed by atoms with Gasteiger partial charge in [0.1, 0.15) is 11.9 Å². The Bertz CT molecular complexity index is 880. The highest BCUT2D eigenvalue weighted by Gasteiger charge is 2.19. The molecule has 1 unspecified atom stereocenters. The number of amides is 1. The summed E-state index contributed by atoms with van der Waals surface area (Å²) in [6.45, 7) is 0. The van der Waals surface area contributed by atoms with Crippen molar-refractivity contribution in [2.75, 3.05) is 7.11 Å². The summed E-state index contributed by atoms with van der Waals surface area (Å²) >= 11 is 6.00. The lowest BCUT2D eigenvalue weighted by molar-refractivity contribution is 0.0954. The maximum atomic E-state index is 12.1. The van der Waals surface area contributed by atoms with Crippen LogP contribution in [0, 0.1) is 0 Å². The molecule has 7 heteroatoms. The smallest absolute Gasteiger partial charge is 0.271 e. The first kappa shape index (κ1) is 17.8. The zero-order valence-corrected chi connectivity index (χ0v) is 14.7. The molecule has 2 N–H and O–H groups in total. The number of halogens is 1. The average molecular weight is 373 g/mol. The number of hydrogen-bond acceptors (Lipinski definition) is 5. The first-order valence-electron chi connectivity index (χ1n) is 7.89. The third-order valence-electron chi connectivity index (χ3n) is 3.83. The molecular formula is C19H17ClN2O4. The van der Waals surface area contributed by atoms with Crippen LogP contribution in [0.4, 0.5) is 0 Å². The number of phenols is 1. The molecule has 0 fully saturated rings. The summed E-state index contributed by atoms with van der Waals surface area (Å²) in [5.74, 6) is 0.319. The summed E-state index contributed by atoms with van der Waals surface area (Å²) in [5.41, 5.74) is 3.71. The van der Waals surface area contributed by atoms with Gasteiger partial charge in [-0.25, -0.2) is 5.43 Å². The van der Waals surface area contributed by atoms with E-state index in [9.17, 15) is 9.90 Å². The first-order chi connectivity index (χ1) is 12.6. The topological polar surface area (TPSA) is 80.2 Å². The lowest BCUT2D eigenvalue weighted by Gasteiger charge is -2.12. The normalized spacial score (nSPS) is 16.2. The van der Waals surface area contributed by atoms with E-state index in [1.54, 1.807) is 0 Å². The Hall–Kier alpha value is -2.99. The van der Waals surface area contributed by atoms with Crippen LogP contribution < -0.4 is 10.2 Å². The van der Waals surface area contributed by atoms with Gasteiger partial charge >= 0.3 is 0 Å². The number of phenolic OH excluding ortho intramolecular Hbond substituents is 1. The van der Waals surface area contributed by atoms with E-state index >= 15 is 0 Å². The zero-order chi connectivity index (χ0) is 18.5. The Morgan fingerprint density at radius 2 is 2.23 bits per heavy atom. The van der Waals surface area contributed by atoms with E-state index < -0.39 is 5.91 Å². The van der Waals surface area contributed by atoms with Crippen molar-refractivity contribution >= 4 is 23.7 Å². The lowest BCUT2D eigenvalue weighted by Crippen LogP contribution is -2.17. The lowest BCUT2D eigenvalue weighted by atomic mass is 10.1. The van der Waals surface area contributed by atoms with Crippen molar-refractivity contribution < 1.29 is 19.4 Å². The average Bonchev–Trinajstić information content (AvgIpc) is 3.11. The predicted octanol–water partition coefficient (Wildman–Crippen LogP) is 3.82. The third-order valence-corrected chi connectivity index (χ3v) is 4.07. The minimum absolute atomic E-state index is 0.0379. The SMILES string of the molecule is COc1cc(C(=O)N/N=C/C2=CCC(c3cccc(Cl)c3)O2)ccc1O. The number of methoxy groups -OCH3 is 1. The van der Waals surface area contributed by atoms with E-state index in [0.29, 0.717) is 22.8 Å². The Labute approximate surface area is 155 Å². The molecule has 134 valence electrons. The second-order valence-corrected chi connectivity index (χ2v) is 6.03. The van der Waals surface area contributed by atoms with Crippen LogP contribution in [0.3, 0.4) is 0 Å². The van der Waals surface area contributed by atoms with Crippen LogP contribution >= 0.6 is 11.6 Å². The molecule has 3 rings (SSSR count). The van der Waals surface area contributed by atoms with Gasteiger partial charge in [0.25, 0.3) is 5.91 Å². The molecule has 2 aromatic rings. The van der Waals surface area contributed by atoms with Gasteiger partial charge in [-0.1, -0.05) is 23.7 Å². The maximum absolute atomic E-state index is 12.1. The molecule has 26 heavy (non-hydrogen) atoms. The fourth-order valence-corrected chi connectivity index (χ4v) is 2.71. The van der Waals surface area contributed by atoms with Crippen LogP contribution in [0.15, 0.2) is 59.4 Å². The Morgan fingerprint density at radius 1 is 1.38 bits per heavy atom. The van der Waals surface area contributed by atoms with E-state index in [1.807, 2.05) is 30.3 Å². The zero-order valence-electron chi connectivity index (χ0n) is 14.0. The Morgan fingerprint density at radius 3 is 3.00 bits per heavy atom. The molecule has 0 spiro atoms. The first-order valence-corrected chi connectivity index (χ1v) is 8.27. The minimum Gasteiger partial charge on any atom is -0.504 e. The molecule has 0 bridgehead atoms. The highest BCUT2D eigenvalue weighted by atomic mass is 35.5. The van der Waals surface area contributed by atoms with Gasteiger partial charge in [0, 0.05) is 17.0 Å². The summed E-state index contributed by atoms with van der Waals surface area (Å²) in [4.78, 5) is 12.1. The van der Waals surface area contributed by atoms with Crippen LogP contribution in [0.2, 0.25) is 5.02 Å². The molecular weight excluding hydrogens is 356 g/mol. The number of rotatable bonds is 5. The summed E-state index contributed by atoms with van der Waals surface area (Å²) in [6, 6.07) is 11.8. The second-order valence-electron chi connectivity index (χ2n) is 5.59. The number of nitrogens with zero attached hydrogens (tertiary/aromatic N) is 1. The van der Waals surface area contributed by atoms with Gasteiger partial charge < -0.3 is 14.6 Å². The number of carbonyl (C=O) groups excluding carboxylic acids is 1. The highest BCUT2D eigenvalue weighted by molar-refractivity contribution is 6.30. The van der Waals surface area contributed by atoms with E-state index in [0.717, 1.165) is 5.56 Å². The maximum Gasteiger partial charge on any atom is 0.271 e. The van der Waals surface area contributed by atoms with Gasteiger partial charge in [-0.15, -0.1) is 0 Å². The van der Waals surface area contributed by atoms with Gasteiger partial charge in [-0.3, -0.25) is 4.79 Å². The molecule has 0 aromatic heterocycles. The second kappa shape index (κ2) is 7.93. The summed E-state index contributed by atoms with van der Waals surface area (Å²) in [6.07, 6.45) is 3.92. The van der Waals surface area contributed by atoms with Crippen LogP contribution in [0.1, 0.15) is 28.4 Å². The number of nitrogens with one attached hydrogen (secondary N) is 1. The molecule has 2 aromatic carbocycles. The largest absolute Gasteiger partial charge is 0.504 e. The Balaban J connectivity index is 1.57. The van der Waals surface area contributed by atoms with E-state index in [-0.39, 0.29) is 17.6 Å². The van der Waals surface area contributed by atoms with Gasteiger partial charge in [-0.2, -0.15) is 5.10 Å². The molecule has 1 atom stereocenters. The van der Waals surface area contributed by atoms with E-state index in [2.05, 4.69) is 10.5 Å². The van der Waals surface area contributed by atoms with Crippen LogP contribution in [-0.4, -0.2) is 24.3 Å². The Kier molecular flexibility index (Phi) is 5.43. The molecule has 1 aliphatic rings. The van der Waals surface area contributed by atoms with Gasteiger partial charge in [0.2, 0.25) is 0 Å². The molecule has 0 saturated heterocycles. The summed E-state index contributed by atoms with van der Waals surface area (Å²) < 4.78 is 10.8. The van der Waals surface area contributed by atoms with E-state index in [1.165, 1.54) is 31.5 Å². The fourth-order valence-electron chi connectivity index (χ4n) is 2.52. The molecule has 1 heterocycles. The summed E-state index contributed by atoms with van der Waals surface area (Å²) in [7, 11) is 1.41. The van der Waals surface area contributed by atoms with Crippen molar-refractivity contribution in [1.82, 2.24) is 5.43 Å². The van der Waals surface area contributed by atoms with Crippen molar-refractivity contribution in [2.45, 2.75) is 12.5 Å². The van der Waals surface area contributed by atoms with Gasteiger partial charge in [0.05, 0.1) is 13.3 Å². The van der Waals surface area contributed by atoms with Crippen LogP contribution in [0.5, 0.6) is 11.5 Å². The van der Waals surface area contributed by atoms with Gasteiger partial charge in [-0.05, 0) is 42.0 Å². The molecule has 6 nitrogen and oxygen atoms in total. The number of carbonyl (C=O) groups is 1. The number of allylic oxidation sites excluding steroid dienone is 1. The number of hydrogen-bond donors (Lipinski definition) is 2.